The first kappa shape index (κ1) is 15.7. The zero-order valence-corrected chi connectivity index (χ0v) is 13.0. The Morgan fingerprint density at radius 1 is 1.50 bits per heavy atom. The highest BCUT2D eigenvalue weighted by Gasteiger charge is 2.30. The minimum Gasteiger partial charge on any atom is -0.377 e. The average Bonchev–Trinajstić information content (AvgIpc) is 2.46. The summed E-state index contributed by atoms with van der Waals surface area (Å²) in [5, 5.41) is 0.284. The summed E-state index contributed by atoms with van der Waals surface area (Å²) in [4.78, 5) is 4.02. The molecule has 0 radical (unpaired) electrons. The zero-order valence-electron chi connectivity index (χ0n) is 11.5. The zero-order chi connectivity index (χ0) is 14.6. The first-order chi connectivity index (χ1) is 9.54. The highest BCUT2D eigenvalue weighted by Crippen LogP contribution is 2.22. The molecule has 7 heteroatoms. The Bertz CT molecular complexity index is 533. The number of halogens is 1. The van der Waals surface area contributed by atoms with Crippen LogP contribution >= 0.6 is 11.6 Å². The van der Waals surface area contributed by atoms with Gasteiger partial charge in [0.1, 0.15) is 10.0 Å². The van der Waals surface area contributed by atoms with Crippen LogP contribution in [0.25, 0.3) is 0 Å². The minimum atomic E-state index is -3.50. The van der Waals surface area contributed by atoms with Crippen molar-refractivity contribution in [3.63, 3.8) is 0 Å². The molecule has 1 atom stereocenters. The third kappa shape index (κ3) is 3.69. The van der Waals surface area contributed by atoms with Crippen LogP contribution in [0.1, 0.15) is 26.2 Å². The second-order valence-electron chi connectivity index (χ2n) is 4.81. The van der Waals surface area contributed by atoms with Crippen molar-refractivity contribution in [1.82, 2.24) is 9.29 Å². The smallest absolute Gasteiger partial charge is 0.244 e. The topological polar surface area (TPSA) is 59.5 Å². The fraction of sp³-hybridized carbons (Fsp3) is 0.615. The van der Waals surface area contributed by atoms with Crippen LogP contribution in [0.5, 0.6) is 0 Å². The van der Waals surface area contributed by atoms with Crippen molar-refractivity contribution >= 4 is 21.6 Å². The lowest BCUT2D eigenvalue weighted by Crippen LogP contribution is -2.43. The fourth-order valence-corrected chi connectivity index (χ4v) is 3.78. The lowest BCUT2D eigenvalue weighted by molar-refractivity contribution is 0.0193. The van der Waals surface area contributed by atoms with E-state index < -0.39 is 10.0 Å². The normalized spacial score (nSPS) is 21.0. The second kappa shape index (κ2) is 6.85. The molecule has 1 saturated heterocycles. The summed E-state index contributed by atoms with van der Waals surface area (Å²) in [6, 6.07) is 2.98. The Labute approximate surface area is 125 Å². The maximum atomic E-state index is 12.5. The summed E-state index contributed by atoms with van der Waals surface area (Å²) in [7, 11) is -3.50. The minimum absolute atomic E-state index is 0.0151. The van der Waals surface area contributed by atoms with Gasteiger partial charge in [0, 0.05) is 25.9 Å². The first-order valence-electron chi connectivity index (χ1n) is 6.77. The van der Waals surface area contributed by atoms with E-state index in [0.717, 1.165) is 19.3 Å². The maximum Gasteiger partial charge on any atom is 0.244 e. The van der Waals surface area contributed by atoms with Crippen LogP contribution in [-0.4, -0.2) is 43.5 Å². The summed E-state index contributed by atoms with van der Waals surface area (Å²) in [6.07, 6.45) is 3.94. The van der Waals surface area contributed by atoms with Gasteiger partial charge >= 0.3 is 0 Å². The van der Waals surface area contributed by atoms with Crippen LogP contribution < -0.4 is 0 Å². The van der Waals surface area contributed by atoms with Crippen molar-refractivity contribution < 1.29 is 13.2 Å². The second-order valence-corrected chi connectivity index (χ2v) is 7.14. The molecule has 1 aliphatic heterocycles. The molecule has 0 N–H and O–H groups in total. The number of sulfonamides is 1. The maximum absolute atomic E-state index is 12.5. The van der Waals surface area contributed by atoms with Crippen molar-refractivity contribution in [1.29, 1.82) is 0 Å². The van der Waals surface area contributed by atoms with Gasteiger partial charge in [0.05, 0.1) is 6.10 Å². The average molecular weight is 319 g/mol. The molecule has 0 spiro atoms. The van der Waals surface area contributed by atoms with Crippen molar-refractivity contribution in [3.05, 3.63) is 23.5 Å². The molecule has 0 aliphatic carbocycles. The third-order valence-corrected chi connectivity index (χ3v) is 5.31. The van der Waals surface area contributed by atoms with Crippen LogP contribution in [0.2, 0.25) is 5.15 Å². The van der Waals surface area contributed by atoms with E-state index in [-0.39, 0.29) is 16.2 Å². The van der Waals surface area contributed by atoms with Crippen LogP contribution in [0, 0.1) is 0 Å². The molecule has 1 aliphatic rings. The van der Waals surface area contributed by atoms with E-state index >= 15 is 0 Å². The highest BCUT2D eigenvalue weighted by molar-refractivity contribution is 7.89. The number of pyridine rings is 1. The number of hydrogen-bond acceptors (Lipinski definition) is 4. The molecule has 2 rings (SSSR count). The number of ether oxygens (including phenoxy) is 1. The van der Waals surface area contributed by atoms with E-state index in [9.17, 15) is 8.42 Å². The SMILES string of the molecule is CCCOC1CCCN(S(=O)(=O)c2ccc(Cl)nc2)C1. The Balaban J connectivity index is 2.10. The molecule has 0 amide bonds. The standard InChI is InChI=1S/C13H19ClN2O3S/c1-2-8-19-11-4-3-7-16(10-11)20(17,18)12-5-6-13(14)15-9-12/h5-6,9,11H,2-4,7-8,10H2,1H3. The number of aromatic nitrogens is 1. The Hall–Kier alpha value is -0.690. The van der Waals surface area contributed by atoms with Gasteiger partial charge in [-0.25, -0.2) is 13.4 Å². The van der Waals surface area contributed by atoms with Gasteiger partial charge in [-0.05, 0) is 31.4 Å². The molecule has 20 heavy (non-hydrogen) atoms. The van der Waals surface area contributed by atoms with Crippen LogP contribution in [0.15, 0.2) is 23.2 Å². The van der Waals surface area contributed by atoms with Crippen molar-refractivity contribution in [3.8, 4) is 0 Å². The monoisotopic (exact) mass is 318 g/mol. The molecule has 1 aromatic rings. The molecule has 112 valence electrons. The summed E-state index contributed by atoms with van der Waals surface area (Å²) < 4.78 is 32.2. The molecule has 0 bridgehead atoms. The quantitative estimate of drug-likeness (QED) is 0.782. The van der Waals surface area contributed by atoms with Crippen LogP contribution in [0.3, 0.4) is 0 Å². The van der Waals surface area contributed by atoms with Crippen molar-refractivity contribution in [2.45, 2.75) is 37.2 Å². The van der Waals surface area contributed by atoms with E-state index in [1.807, 2.05) is 6.92 Å². The molecular formula is C13H19ClN2O3S. The van der Waals surface area contributed by atoms with Gasteiger partial charge in [0.2, 0.25) is 10.0 Å². The predicted octanol–water partition coefficient (Wildman–Crippen LogP) is 2.31. The lowest BCUT2D eigenvalue weighted by Gasteiger charge is -2.31. The summed E-state index contributed by atoms with van der Waals surface area (Å²) in [6.45, 7) is 3.64. The third-order valence-electron chi connectivity index (χ3n) is 3.24. The molecule has 2 heterocycles. The van der Waals surface area contributed by atoms with Crippen molar-refractivity contribution in [2.24, 2.45) is 0 Å². The summed E-state index contributed by atoms with van der Waals surface area (Å²) in [5.41, 5.74) is 0. The molecule has 5 nitrogen and oxygen atoms in total. The largest absolute Gasteiger partial charge is 0.377 e. The van der Waals surface area contributed by atoms with Crippen molar-refractivity contribution in [2.75, 3.05) is 19.7 Å². The molecule has 1 aromatic heterocycles. The van der Waals surface area contributed by atoms with Gasteiger partial charge in [-0.2, -0.15) is 4.31 Å². The summed E-state index contributed by atoms with van der Waals surface area (Å²) >= 11 is 5.69. The summed E-state index contributed by atoms with van der Waals surface area (Å²) in [5.74, 6) is 0. The van der Waals surface area contributed by atoms with E-state index in [4.69, 9.17) is 16.3 Å². The van der Waals surface area contributed by atoms with E-state index in [0.29, 0.717) is 19.7 Å². The van der Waals surface area contributed by atoms with Gasteiger partial charge in [0.25, 0.3) is 0 Å². The Morgan fingerprint density at radius 3 is 2.95 bits per heavy atom. The number of piperidine rings is 1. The molecule has 0 aromatic carbocycles. The van der Waals surface area contributed by atoms with Crippen LogP contribution in [-0.2, 0) is 14.8 Å². The Kier molecular flexibility index (Phi) is 5.37. The number of rotatable bonds is 5. The first-order valence-corrected chi connectivity index (χ1v) is 8.59. The Morgan fingerprint density at radius 2 is 2.30 bits per heavy atom. The number of hydrogen-bond donors (Lipinski definition) is 0. The number of nitrogens with zero attached hydrogens (tertiary/aromatic N) is 2. The van der Waals surface area contributed by atoms with E-state index in [1.165, 1.54) is 22.6 Å². The van der Waals surface area contributed by atoms with Gasteiger partial charge in [0.15, 0.2) is 0 Å². The van der Waals surface area contributed by atoms with Gasteiger partial charge in [-0.3, -0.25) is 0 Å². The van der Waals surface area contributed by atoms with E-state index in [1.54, 1.807) is 0 Å². The lowest BCUT2D eigenvalue weighted by atomic mass is 10.1. The van der Waals surface area contributed by atoms with Crippen LogP contribution in [0.4, 0.5) is 0 Å². The van der Waals surface area contributed by atoms with Gasteiger partial charge < -0.3 is 4.74 Å². The molecule has 1 unspecified atom stereocenters. The fourth-order valence-electron chi connectivity index (χ4n) is 2.21. The highest BCUT2D eigenvalue weighted by atomic mass is 35.5. The van der Waals surface area contributed by atoms with Gasteiger partial charge in [-0.1, -0.05) is 18.5 Å². The van der Waals surface area contributed by atoms with Gasteiger partial charge in [-0.15, -0.1) is 0 Å². The van der Waals surface area contributed by atoms with E-state index in [2.05, 4.69) is 4.98 Å². The molecule has 1 fully saturated rings. The molecule has 0 saturated carbocycles. The predicted molar refractivity (Wildman–Crippen MR) is 77.3 cm³/mol. The molecular weight excluding hydrogens is 300 g/mol.